The van der Waals surface area contributed by atoms with Gasteiger partial charge >= 0.3 is 0 Å². The Morgan fingerprint density at radius 2 is 0.873 bits per heavy atom. The van der Waals surface area contributed by atoms with Gasteiger partial charge in [-0.3, -0.25) is 0 Å². The number of para-hydroxylation sites is 2. The third-order valence-electron chi connectivity index (χ3n) is 12.5. The van der Waals surface area contributed by atoms with Crippen molar-refractivity contribution in [3.63, 3.8) is 0 Å². The van der Waals surface area contributed by atoms with E-state index in [0.29, 0.717) is 0 Å². The molecule has 0 fully saturated rings. The van der Waals surface area contributed by atoms with Gasteiger partial charge in [-0.25, -0.2) is 0 Å². The van der Waals surface area contributed by atoms with Crippen LogP contribution in [-0.4, -0.2) is 6.71 Å². The molecule has 3 aliphatic heterocycles. The van der Waals surface area contributed by atoms with Crippen LogP contribution < -0.4 is 30.8 Å². The highest BCUT2D eigenvalue weighted by molar-refractivity contribution is 6.98. The third kappa shape index (κ3) is 4.40. The number of hydrogen-bond donors (Lipinski definition) is 0. The molecule has 266 valence electrons. The van der Waals surface area contributed by atoms with Crippen LogP contribution in [0.25, 0.3) is 11.1 Å². The molecule has 0 radical (unpaired) electrons. The second-order valence-electron chi connectivity index (χ2n) is 17.7. The molecule has 1 spiro atoms. The van der Waals surface area contributed by atoms with Gasteiger partial charge in [0.1, 0.15) is 23.0 Å². The minimum atomic E-state index is -0.470. The monoisotopic (exact) mass is 711 g/mol. The van der Waals surface area contributed by atoms with E-state index in [9.17, 15) is 0 Å². The molecule has 0 bridgehead atoms. The number of fused-ring (bicyclic) bond motifs is 13. The molecule has 11 rings (SSSR count). The van der Waals surface area contributed by atoms with Gasteiger partial charge in [0.2, 0.25) is 0 Å². The molecule has 4 aliphatic rings. The van der Waals surface area contributed by atoms with Crippen molar-refractivity contribution in [3.05, 3.63) is 179 Å². The quantitative estimate of drug-likeness (QED) is 0.158. The van der Waals surface area contributed by atoms with E-state index < -0.39 is 5.41 Å². The fourth-order valence-corrected chi connectivity index (χ4v) is 9.88. The summed E-state index contributed by atoms with van der Waals surface area (Å²) in [5, 5.41) is 0. The molecular formula is C51H42BNO2. The summed E-state index contributed by atoms with van der Waals surface area (Å²) >= 11 is 0. The molecule has 1 aliphatic carbocycles. The van der Waals surface area contributed by atoms with E-state index in [1.54, 1.807) is 0 Å². The van der Waals surface area contributed by atoms with Gasteiger partial charge in [0.25, 0.3) is 6.71 Å². The van der Waals surface area contributed by atoms with Crippen LogP contribution in [0.5, 0.6) is 23.0 Å². The van der Waals surface area contributed by atoms with E-state index in [1.165, 1.54) is 55.4 Å². The van der Waals surface area contributed by atoms with Crippen molar-refractivity contribution < 1.29 is 9.47 Å². The molecular weight excluding hydrogens is 669 g/mol. The zero-order valence-electron chi connectivity index (χ0n) is 32.2. The maximum Gasteiger partial charge on any atom is 0.260 e. The molecule has 0 saturated heterocycles. The fourth-order valence-electron chi connectivity index (χ4n) is 9.88. The van der Waals surface area contributed by atoms with E-state index in [4.69, 9.17) is 9.47 Å². The van der Waals surface area contributed by atoms with Gasteiger partial charge in [0.15, 0.2) is 0 Å². The SMILES string of the molecule is CC(C)(C)c1ccc2c(c1)Oc1cc(N3c4ccccc4C4(c5ccccc5-c5ccccc54)c4ccccc43)cc3c1B2c1ccc(C(C)(C)C)cc1O3. The summed E-state index contributed by atoms with van der Waals surface area (Å²) in [5.41, 5.74) is 16.5. The zero-order chi connectivity index (χ0) is 37.4. The van der Waals surface area contributed by atoms with Crippen LogP contribution in [0.3, 0.4) is 0 Å². The van der Waals surface area contributed by atoms with E-state index in [1.807, 2.05) is 0 Å². The Labute approximate surface area is 324 Å². The lowest BCUT2D eigenvalue weighted by molar-refractivity contribution is 0.461. The smallest absolute Gasteiger partial charge is 0.260 e. The molecule has 4 heteroatoms. The van der Waals surface area contributed by atoms with Crippen LogP contribution in [0.1, 0.15) is 74.9 Å². The van der Waals surface area contributed by atoms with Crippen LogP contribution in [0.15, 0.2) is 146 Å². The molecule has 7 aromatic rings. The summed E-state index contributed by atoms with van der Waals surface area (Å²) in [7, 11) is 0. The minimum absolute atomic E-state index is 0.00900. The molecule has 0 amide bonds. The van der Waals surface area contributed by atoms with Crippen molar-refractivity contribution >= 4 is 40.2 Å². The summed E-state index contributed by atoms with van der Waals surface area (Å²) in [6.45, 7) is 13.6. The van der Waals surface area contributed by atoms with Crippen molar-refractivity contribution in [2.75, 3.05) is 4.90 Å². The first-order valence-electron chi connectivity index (χ1n) is 19.5. The lowest BCUT2D eigenvalue weighted by atomic mass is 9.34. The molecule has 3 nitrogen and oxygen atoms in total. The highest BCUT2D eigenvalue weighted by Gasteiger charge is 2.52. The highest BCUT2D eigenvalue weighted by atomic mass is 16.5. The minimum Gasteiger partial charge on any atom is -0.458 e. The number of rotatable bonds is 1. The molecule has 7 aromatic carbocycles. The predicted molar refractivity (Wildman–Crippen MR) is 227 cm³/mol. The summed E-state index contributed by atoms with van der Waals surface area (Å²) in [5.74, 6) is 3.51. The van der Waals surface area contributed by atoms with Crippen molar-refractivity contribution in [1.29, 1.82) is 0 Å². The number of anilines is 3. The van der Waals surface area contributed by atoms with Gasteiger partial charge in [-0.05, 0) is 90.5 Å². The average molecular weight is 712 g/mol. The second-order valence-corrected chi connectivity index (χ2v) is 17.7. The van der Waals surface area contributed by atoms with Crippen LogP contribution in [0.2, 0.25) is 0 Å². The van der Waals surface area contributed by atoms with Crippen molar-refractivity contribution in [3.8, 4) is 34.1 Å². The predicted octanol–water partition coefficient (Wildman–Crippen LogP) is 11.2. The van der Waals surface area contributed by atoms with E-state index in [2.05, 4.69) is 192 Å². The summed E-state index contributed by atoms with van der Waals surface area (Å²) in [6, 6.07) is 54.0. The molecule has 0 atom stereocenters. The summed E-state index contributed by atoms with van der Waals surface area (Å²) in [6.07, 6.45) is 0. The maximum atomic E-state index is 7.04. The first-order chi connectivity index (χ1) is 26.5. The number of hydrogen-bond acceptors (Lipinski definition) is 3. The number of benzene rings is 7. The first kappa shape index (κ1) is 32.4. The Kier molecular flexibility index (Phi) is 6.51. The Morgan fingerprint density at radius 3 is 1.33 bits per heavy atom. The fraction of sp³-hybridized carbons (Fsp3) is 0.176. The number of nitrogens with zero attached hydrogens (tertiary/aromatic N) is 1. The third-order valence-corrected chi connectivity index (χ3v) is 12.5. The molecule has 0 N–H and O–H groups in total. The average Bonchev–Trinajstić information content (AvgIpc) is 3.47. The molecule has 55 heavy (non-hydrogen) atoms. The zero-order valence-corrected chi connectivity index (χ0v) is 32.2. The number of ether oxygens (including phenoxy) is 2. The Hall–Kier alpha value is -6.00. The molecule has 0 unspecified atom stereocenters. The highest BCUT2D eigenvalue weighted by Crippen LogP contribution is 2.63. The van der Waals surface area contributed by atoms with Gasteiger partial charge in [0, 0.05) is 17.6 Å². The lowest BCUT2D eigenvalue weighted by Gasteiger charge is -2.45. The van der Waals surface area contributed by atoms with Gasteiger partial charge in [-0.15, -0.1) is 0 Å². The van der Waals surface area contributed by atoms with E-state index >= 15 is 0 Å². The Bertz CT molecular complexity index is 2580. The van der Waals surface area contributed by atoms with Gasteiger partial charge in [-0.1, -0.05) is 151 Å². The molecule has 3 heterocycles. The largest absolute Gasteiger partial charge is 0.458 e. The Morgan fingerprint density at radius 1 is 0.455 bits per heavy atom. The van der Waals surface area contributed by atoms with Crippen LogP contribution in [0.4, 0.5) is 17.1 Å². The van der Waals surface area contributed by atoms with Gasteiger partial charge in [-0.2, -0.15) is 0 Å². The maximum absolute atomic E-state index is 7.04. The van der Waals surface area contributed by atoms with Crippen LogP contribution in [0, 0.1) is 0 Å². The topological polar surface area (TPSA) is 21.7 Å². The molecule has 0 aromatic heterocycles. The lowest BCUT2D eigenvalue weighted by Crippen LogP contribution is -2.57. The van der Waals surface area contributed by atoms with Crippen molar-refractivity contribution in [2.24, 2.45) is 0 Å². The summed E-state index contributed by atoms with van der Waals surface area (Å²) in [4.78, 5) is 2.43. The molecule has 0 saturated carbocycles. The van der Waals surface area contributed by atoms with Crippen molar-refractivity contribution in [1.82, 2.24) is 0 Å². The van der Waals surface area contributed by atoms with Gasteiger partial charge < -0.3 is 14.4 Å². The Balaban J connectivity index is 1.16. The van der Waals surface area contributed by atoms with E-state index in [-0.39, 0.29) is 17.5 Å². The normalized spacial score (nSPS) is 15.1. The first-order valence-corrected chi connectivity index (χ1v) is 19.5. The van der Waals surface area contributed by atoms with Gasteiger partial charge in [0.05, 0.1) is 22.5 Å². The van der Waals surface area contributed by atoms with Crippen LogP contribution >= 0.6 is 0 Å². The summed E-state index contributed by atoms with van der Waals surface area (Å²) < 4.78 is 14.1. The van der Waals surface area contributed by atoms with Crippen molar-refractivity contribution in [2.45, 2.75) is 57.8 Å². The van der Waals surface area contributed by atoms with Crippen LogP contribution in [-0.2, 0) is 16.2 Å². The second kappa shape index (κ2) is 11.0. The standard InChI is InChI=1S/C51H42BNO2/c1-49(2,3)31-23-25-40-44(27-31)54-46-29-33(30-47-48(46)52(40)41-26-24-32(50(4,5)6)28-45(41)55-47)53-42-21-13-11-19-38(42)51(39-20-12-14-22-43(39)53)36-17-9-7-15-34(36)35-16-8-10-18-37(35)51/h7-30H,1-6H3. The van der Waals surface area contributed by atoms with E-state index in [0.717, 1.165) is 45.5 Å².